The summed E-state index contributed by atoms with van der Waals surface area (Å²) in [6.45, 7) is 9.24. The summed E-state index contributed by atoms with van der Waals surface area (Å²) in [4.78, 5) is 0. The predicted octanol–water partition coefficient (Wildman–Crippen LogP) is 3.38. The monoisotopic (exact) mass is 261 g/mol. The van der Waals surface area contributed by atoms with Gasteiger partial charge in [0.25, 0.3) is 0 Å². The third-order valence-corrected chi connectivity index (χ3v) is 4.44. The van der Waals surface area contributed by atoms with Gasteiger partial charge in [0.2, 0.25) is 0 Å². The van der Waals surface area contributed by atoms with Crippen LogP contribution in [0.15, 0.2) is 24.3 Å². The first kappa shape index (κ1) is 14.5. The standard InChI is InChI=1S/C17H27NO/c1-16(2,3)14-4-6-15(7-5-14)17(8-11-18)9-12-19-13-10-17/h4-7H,8-13,18H2,1-3H3. The smallest absolute Gasteiger partial charge is 0.0474 e. The van der Waals surface area contributed by atoms with Gasteiger partial charge in [-0.25, -0.2) is 0 Å². The van der Waals surface area contributed by atoms with Crippen molar-refractivity contribution in [2.24, 2.45) is 5.73 Å². The Kier molecular flexibility index (Phi) is 4.32. The molecule has 0 spiro atoms. The van der Waals surface area contributed by atoms with E-state index in [4.69, 9.17) is 10.5 Å². The minimum Gasteiger partial charge on any atom is -0.381 e. The average molecular weight is 261 g/mol. The van der Waals surface area contributed by atoms with Gasteiger partial charge in [-0.2, -0.15) is 0 Å². The van der Waals surface area contributed by atoms with E-state index in [2.05, 4.69) is 45.0 Å². The van der Waals surface area contributed by atoms with E-state index in [0.29, 0.717) is 0 Å². The van der Waals surface area contributed by atoms with E-state index >= 15 is 0 Å². The molecular weight excluding hydrogens is 234 g/mol. The maximum Gasteiger partial charge on any atom is 0.0474 e. The van der Waals surface area contributed by atoms with Crippen LogP contribution in [0.25, 0.3) is 0 Å². The van der Waals surface area contributed by atoms with Gasteiger partial charge in [0.1, 0.15) is 0 Å². The Balaban J connectivity index is 2.27. The zero-order valence-electron chi connectivity index (χ0n) is 12.5. The fourth-order valence-corrected chi connectivity index (χ4v) is 3.05. The van der Waals surface area contributed by atoms with Gasteiger partial charge >= 0.3 is 0 Å². The molecule has 0 amide bonds. The average Bonchev–Trinajstić information content (AvgIpc) is 2.39. The molecule has 1 aromatic rings. The Morgan fingerprint density at radius 1 is 1.11 bits per heavy atom. The molecule has 1 aliphatic rings. The van der Waals surface area contributed by atoms with Crippen LogP contribution in [0.4, 0.5) is 0 Å². The molecule has 19 heavy (non-hydrogen) atoms. The van der Waals surface area contributed by atoms with Crippen molar-refractivity contribution >= 4 is 0 Å². The summed E-state index contributed by atoms with van der Waals surface area (Å²) in [5.74, 6) is 0. The summed E-state index contributed by atoms with van der Waals surface area (Å²) in [5.41, 5.74) is 9.13. The number of nitrogens with two attached hydrogens (primary N) is 1. The third-order valence-electron chi connectivity index (χ3n) is 4.44. The van der Waals surface area contributed by atoms with Gasteiger partial charge in [-0.05, 0) is 42.3 Å². The van der Waals surface area contributed by atoms with E-state index in [1.54, 1.807) is 0 Å². The second-order valence-corrected chi connectivity index (χ2v) is 6.76. The van der Waals surface area contributed by atoms with Gasteiger partial charge in [-0.15, -0.1) is 0 Å². The van der Waals surface area contributed by atoms with Crippen LogP contribution in [-0.4, -0.2) is 19.8 Å². The first-order chi connectivity index (χ1) is 8.98. The number of rotatable bonds is 3. The fourth-order valence-electron chi connectivity index (χ4n) is 3.05. The highest BCUT2D eigenvalue weighted by Crippen LogP contribution is 2.38. The summed E-state index contributed by atoms with van der Waals surface area (Å²) >= 11 is 0. The van der Waals surface area contributed by atoms with Crippen molar-refractivity contribution in [2.45, 2.75) is 50.9 Å². The highest BCUT2D eigenvalue weighted by Gasteiger charge is 2.33. The van der Waals surface area contributed by atoms with Gasteiger partial charge in [0.15, 0.2) is 0 Å². The zero-order chi connectivity index (χ0) is 13.9. The van der Waals surface area contributed by atoms with Gasteiger partial charge in [0.05, 0.1) is 0 Å². The number of ether oxygens (including phenoxy) is 1. The summed E-state index contributed by atoms with van der Waals surface area (Å²) in [5, 5.41) is 0. The van der Waals surface area contributed by atoms with Crippen molar-refractivity contribution in [3.63, 3.8) is 0 Å². The lowest BCUT2D eigenvalue weighted by atomic mass is 9.71. The van der Waals surface area contributed by atoms with E-state index in [1.807, 2.05) is 0 Å². The van der Waals surface area contributed by atoms with Gasteiger partial charge in [-0.3, -0.25) is 0 Å². The molecule has 1 saturated heterocycles. The van der Waals surface area contributed by atoms with Gasteiger partial charge in [0, 0.05) is 18.6 Å². The fraction of sp³-hybridized carbons (Fsp3) is 0.647. The van der Waals surface area contributed by atoms with Crippen molar-refractivity contribution in [3.05, 3.63) is 35.4 Å². The molecule has 0 radical (unpaired) electrons. The van der Waals surface area contributed by atoms with Crippen molar-refractivity contribution in [2.75, 3.05) is 19.8 Å². The molecule has 0 aliphatic carbocycles. The molecule has 0 unspecified atom stereocenters. The van der Waals surface area contributed by atoms with Crippen LogP contribution in [0.5, 0.6) is 0 Å². The molecule has 0 saturated carbocycles. The van der Waals surface area contributed by atoms with Crippen LogP contribution in [0.2, 0.25) is 0 Å². The normalized spacial score (nSPS) is 19.4. The van der Waals surface area contributed by atoms with Crippen LogP contribution in [0.3, 0.4) is 0 Å². The first-order valence-electron chi connectivity index (χ1n) is 7.37. The highest BCUT2D eigenvalue weighted by atomic mass is 16.5. The van der Waals surface area contributed by atoms with Crippen LogP contribution in [0, 0.1) is 0 Å². The van der Waals surface area contributed by atoms with Crippen molar-refractivity contribution in [3.8, 4) is 0 Å². The van der Waals surface area contributed by atoms with Crippen LogP contribution in [-0.2, 0) is 15.6 Å². The first-order valence-corrected chi connectivity index (χ1v) is 7.37. The maximum absolute atomic E-state index is 5.84. The van der Waals surface area contributed by atoms with E-state index in [1.165, 1.54) is 11.1 Å². The molecule has 2 heteroatoms. The Morgan fingerprint density at radius 3 is 2.16 bits per heavy atom. The van der Waals surface area contributed by atoms with E-state index in [-0.39, 0.29) is 10.8 Å². The Morgan fingerprint density at radius 2 is 1.68 bits per heavy atom. The number of benzene rings is 1. The van der Waals surface area contributed by atoms with E-state index < -0.39 is 0 Å². The molecule has 0 aromatic heterocycles. The Bertz CT molecular complexity index is 391. The summed E-state index contributed by atoms with van der Waals surface area (Å²) in [6.07, 6.45) is 3.25. The summed E-state index contributed by atoms with van der Waals surface area (Å²) < 4.78 is 5.53. The van der Waals surface area contributed by atoms with Crippen LogP contribution < -0.4 is 5.73 Å². The summed E-state index contributed by atoms with van der Waals surface area (Å²) in [6, 6.07) is 9.18. The van der Waals surface area contributed by atoms with Gasteiger partial charge in [-0.1, -0.05) is 45.0 Å². The minimum atomic E-state index is 0.217. The molecule has 1 aliphatic heterocycles. The molecule has 2 N–H and O–H groups in total. The number of hydrogen-bond donors (Lipinski definition) is 1. The molecular formula is C17H27NO. The summed E-state index contributed by atoms with van der Waals surface area (Å²) in [7, 11) is 0. The van der Waals surface area contributed by atoms with Crippen LogP contribution in [0.1, 0.15) is 51.2 Å². The van der Waals surface area contributed by atoms with Crippen molar-refractivity contribution < 1.29 is 4.74 Å². The second kappa shape index (κ2) is 5.64. The lowest BCUT2D eigenvalue weighted by molar-refractivity contribution is 0.0476. The molecule has 106 valence electrons. The predicted molar refractivity (Wildman–Crippen MR) is 80.5 cm³/mol. The molecule has 1 heterocycles. The minimum absolute atomic E-state index is 0.217. The lowest BCUT2D eigenvalue weighted by Gasteiger charge is -2.38. The topological polar surface area (TPSA) is 35.2 Å². The van der Waals surface area contributed by atoms with E-state index in [9.17, 15) is 0 Å². The molecule has 1 fully saturated rings. The molecule has 0 bridgehead atoms. The molecule has 1 aromatic carbocycles. The zero-order valence-corrected chi connectivity index (χ0v) is 12.5. The maximum atomic E-state index is 5.84. The third kappa shape index (κ3) is 3.18. The molecule has 0 atom stereocenters. The highest BCUT2D eigenvalue weighted by molar-refractivity contribution is 5.32. The quantitative estimate of drug-likeness (QED) is 0.905. The van der Waals surface area contributed by atoms with Crippen molar-refractivity contribution in [1.29, 1.82) is 0 Å². The van der Waals surface area contributed by atoms with E-state index in [0.717, 1.165) is 39.0 Å². The number of hydrogen-bond acceptors (Lipinski definition) is 2. The second-order valence-electron chi connectivity index (χ2n) is 6.76. The molecule has 2 nitrogen and oxygen atoms in total. The lowest BCUT2D eigenvalue weighted by Crippen LogP contribution is -2.36. The Hall–Kier alpha value is -0.860. The van der Waals surface area contributed by atoms with Crippen molar-refractivity contribution in [1.82, 2.24) is 0 Å². The Labute approximate surface area is 117 Å². The van der Waals surface area contributed by atoms with Gasteiger partial charge < -0.3 is 10.5 Å². The van der Waals surface area contributed by atoms with Crippen LogP contribution >= 0.6 is 0 Å². The molecule has 2 rings (SSSR count). The SMILES string of the molecule is CC(C)(C)c1ccc(C2(CCN)CCOCC2)cc1. The largest absolute Gasteiger partial charge is 0.381 e.